The van der Waals surface area contributed by atoms with Gasteiger partial charge in [-0.15, -0.1) is 11.8 Å². The molecular weight excluding hydrogens is 190 g/mol. The minimum atomic E-state index is 0.608. The summed E-state index contributed by atoms with van der Waals surface area (Å²) >= 11 is 2.04. The maximum atomic E-state index is 4.89. The topological polar surface area (TPSA) is 12.4 Å². The maximum absolute atomic E-state index is 4.89. The van der Waals surface area contributed by atoms with Gasteiger partial charge in [0.25, 0.3) is 0 Å². The first-order valence-electron chi connectivity index (χ1n) is 5.98. The van der Waals surface area contributed by atoms with Crippen molar-refractivity contribution in [3.05, 3.63) is 0 Å². The van der Waals surface area contributed by atoms with Crippen LogP contribution in [0.15, 0.2) is 4.99 Å². The molecule has 0 saturated heterocycles. The summed E-state index contributed by atoms with van der Waals surface area (Å²) in [5.74, 6) is 2.80. The molecule has 0 bridgehead atoms. The largest absolute Gasteiger partial charge is 0.278 e. The van der Waals surface area contributed by atoms with Gasteiger partial charge in [0.1, 0.15) is 0 Å². The second kappa shape index (κ2) is 4.69. The quantitative estimate of drug-likeness (QED) is 0.678. The van der Waals surface area contributed by atoms with Gasteiger partial charge in [-0.2, -0.15) is 0 Å². The lowest BCUT2D eigenvalue weighted by molar-refractivity contribution is 0.440. The molecule has 0 aromatic rings. The number of hydrogen-bond donors (Lipinski definition) is 0. The van der Waals surface area contributed by atoms with E-state index in [1.807, 2.05) is 11.8 Å². The van der Waals surface area contributed by atoms with E-state index < -0.39 is 0 Å². The van der Waals surface area contributed by atoms with Gasteiger partial charge < -0.3 is 0 Å². The number of thioether (sulfide) groups is 1. The second-order valence-electron chi connectivity index (χ2n) is 4.92. The Hall–Kier alpha value is 0.0200. The summed E-state index contributed by atoms with van der Waals surface area (Å²) in [4.78, 5) is 4.89. The molecule has 1 heterocycles. The molecule has 0 spiro atoms. The standard InChI is InChI=1S/C12H21NS/c1-9(2)11-8-14-12(13-11)10-6-4-3-5-7-10/h9-11H,3-8H2,1-2H3. The van der Waals surface area contributed by atoms with E-state index in [9.17, 15) is 0 Å². The molecule has 0 radical (unpaired) electrons. The van der Waals surface area contributed by atoms with Crippen molar-refractivity contribution >= 4 is 16.8 Å². The number of aliphatic imine (C=N–C) groups is 1. The van der Waals surface area contributed by atoms with Gasteiger partial charge in [-0.25, -0.2) is 0 Å². The molecule has 1 saturated carbocycles. The van der Waals surface area contributed by atoms with Gasteiger partial charge in [-0.05, 0) is 18.8 Å². The smallest absolute Gasteiger partial charge is 0.0711 e. The van der Waals surface area contributed by atoms with Gasteiger partial charge in [0.05, 0.1) is 11.1 Å². The highest BCUT2D eigenvalue weighted by atomic mass is 32.2. The Morgan fingerprint density at radius 2 is 1.93 bits per heavy atom. The predicted octanol–water partition coefficient (Wildman–Crippen LogP) is 3.74. The first-order chi connectivity index (χ1) is 6.77. The minimum Gasteiger partial charge on any atom is -0.278 e. The second-order valence-corrected chi connectivity index (χ2v) is 5.96. The molecule has 0 amide bonds. The van der Waals surface area contributed by atoms with Crippen LogP contribution in [0, 0.1) is 11.8 Å². The van der Waals surface area contributed by atoms with Crippen LogP contribution in [0.1, 0.15) is 46.0 Å². The Balaban J connectivity index is 1.94. The fraction of sp³-hybridized carbons (Fsp3) is 0.917. The van der Waals surface area contributed by atoms with Crippen molar-refractivity contribution in [3.8, 4) is 0 Å². The highest BCUT2D eigenvalue weighted by molar-refractivity contribution is 8.14. The van der Waals surface area contributed by atoms with Gasteiger partial charge in [-0.1, -0.05) is 33.1 Å². The Morgan fingerprint density at radius 3 is 2.50 bits per heavy atom. The van der Waals surface area contributed by atoms with E-state index >= 15 is 0 Å². The molecule has 1 aliphatic carbocycles. The van der Waals surface area contributed by atoms with Crippen LogP contribution in [0.25, 0.3) is 0 Å². The van der Waals surface area contributed by atoms with Crippen molar-refractivity contribution < 1.29 is 0 Å². The van der Waals surface area contributed by atoms with Gasteiger partial charge in [0.2, 0.25) is 0 Å². The summed E-state index contributed by atoms with van der Waals surface area (Å²) in [6.45, 7) is 4.58. The van der Waals surface area contributed by atoms with Gasteiger partial charge in [-0.3, -0.25) is 4.99 Å². The normalized spacial score (nSPS) is 29.6. The third kappa shape index (κ3) is 2.33. The molecular formula is C12H21NS. The molecule has 80 valence electrons. The highest BCUT2D eigenvalue weighted by Crippen LogP contribution is 2.34. The summed E-state index contributed by atoms with van der Waals surface area (Å²) < 4.78 is 0. The summed E-state index contributed by atoms with van der Waals surface area (Å²) in [6.07, 6.45) is 7.10. The number of hydrogen-bond acceptors (Lipinski definition) is 2. The Kier molecular flexibility index (Phi) is 3.53. The molecule has 14 heavy (non-hydrogen) atoms. The fourth-order valence-corrected chi connectivity index (χ4v) is 3.81. The number of rotatable bonds is 2. The van der Waals surface area contributed by atoms with Gasteiger partial charge in [0, 0.05) is 11.7 Å². The molecule has 1 fully saturated rings. The van der Waals surface area contributed by atoms with Crippen LogP contribution >= 0.6 is 11.8 Å². The van der Waals surface area contributed by atoms with E-state index in [-0.39, 0.29) is 0 Å². The van der Waals surface area contributed by atoms with Crippen molar-refractivity contribution in [1.82, 2.24) is 0 Å². The zero-order valence-electron chi connectivity index (χ0n) is 9.33. The monoisotopic (exact) mass is 211 g/mol. The third-order valence-electron chi connectivity index (χ3n) is 3.42. The van der Waals surface area contributed by atoms with E-state index in [1.54, 1.807) is 0 Å². The first kappa shape index (κ1) is 10.5. The maximum Gasteiger partial charge on any atom is 0.0711 e. The van der Waals surface area contributed by atoms with Crippen LogP contribution in [-0.2, 0) is 0 Å². The lowest BCUT2D eigenvalue weighted by Gasteiger charge is -2.20. The zero-order valence-corrected chi connectivity index (χ0v) is 10.1. The average Bonchev–Trinajstić information content (AvgIpc) is 2.68. The summed E-state index contributed by atoms with van der Waals surface area (Å²) in [5.41, 5.74) is 0. The van der Waals surface area contributed by atoms with Crippen molar-refractivity contribution in [2.45, 2.75) is 52.0 Å². The van der Waals surface area contributed by atoms with Crippen LogP contribution in [0.2, 0.25) is 0 Å². The average molecular weight is 211 g/mol. The molecule has 0 aromatic carbocycles. The van der Waals surface area contributed by atoms with Crippen LogP contribution < -0.4 is 0 Å². The first-order valence-corrected chi connectivity index (χ1v) is 6.96. The van der Waals surface area contributed by atoms with Gasteiger partial charge >= 0.3 is 0 Å². The predicted molar refractivity (Wildman–Crippen MR) is 65.1 cm³/mol. The van der Waals surface area contributed by atoms with E-state index in [2.05, 4.69) is 13.8 Å². The molecule has 2 heteroatoms. The molecule has 1 atom stereocenters. The van der Waals surface area contributed by atoms with Crippen molar-refractivity contribution in [1.29, 1.82) is 0 Å². The molecule has 2 rings (SSSR count). The van der Waals surface area contributed by atoms with Crippen LogP contribution in [0.4, 0.5) is 0 Å². The molecule has 0 N–H and O–H groups in total. The van der Waals surface area contributed by atoms with Crippen LogP contribution in [0.5, 0.6) is 0 Å². The molecule has 1 unspecified atom stereocenters. The van der Waals surface area contributed by atoms with Crippen LogP contribution in [0.3, 0.4) is 0 Å². The van der Waals surface area contributed by atoms with E-state index in [0.29, 0.717) is 6.04 Å². The van der Waals surface area contributed by atoms with E-state index in [0.717, 1.165) is 11.8 Å². The molecule has 0 aromatic heterocycles. The summed E-state index contributed by atoms with van der Waals surface area (Å²) in [6, 6.07) is 0.608. The SMILES string of the molecule is CC(C)C1CSC(C2CCCCC2)=N1. The fourth-order valence-electron chi connectivity index (χ4n) is 2.32. The van der Waals surface area contributed by atoms with Crippen molar-refractivity contribution in [3.63, 3.8) is 0 Å². The van der Waals surface area contributed by atoms with Crippen molar-refractivity contribution in [2.75, 3.05) is 5.75 Å². The third-order valence-corrected chi connectivity index (χ3v) is 4.66. The highest BCUT2D eigenvalue weighted by Gasteiger charge is 2.27. The Labute approximate surface area is 91.8 Å². The summed E-state index contributed by atoms with van der Waals surface area (Å²) in [7, 11) is 0. The summed E-state index contributed by atoms with van der Waals surface area (Å²) in [5, 5.41) is 1.49. The van der Waals surface area contributed by atoms with E-state index in [1.165, 1.54) is 42.9 Å². The molecule has 1 nitrogen and oxygen atoms in total. The van der Waals surface area contributed by atoms with Crippen molar-refractivity contribution in [2.24, 2.45) is 16.8 Å². The zero-order chi connectivity index (χ0) is 9.97. The Morgan fingerprint density at radius 1 is 1.21 bits per heavy atom. The molecule has 2 aliphatic rings. The van der Waals surface area contributed by atoms with E-state index in [4.69, 9.17) is 4.99 Å². The minimum absolute atomic E-state index is 0.608. The lowest BCUT2D eigenvalue weighted by Crippen LogP contribution is -2.14. The Bertz CT molecular complexity index is 216. The molecule has 1 aliphatic heterocycles. The number of nitrogens with zero attached hydrogens (tertiary/aromatic N) is 1. The lowest BCUT2D eigenvalue weighted by atomic mass is 9.90. The van der Waals surface area contributed by atoms with Gasteiger partial charge in [0.15, 0.2) is 0 Å². The van der Waals surface area contributed by atoms with Crippen LogP contribution in [-0.4, -0.2) is 16.8 Å².